The molecule has 0 saturated heterocycles. The first-order valence-corrected chi connectivity index (χ1v) is 5.04. The lowest BCUT2D eigenvalue weighted by Crippen LogP contribution is -2.19. The van der Waals surface area contributed by atoms with Crippen LogP contribution in [0.5, 0.6) is 0 Å². The molecule has 4 heteroatoms. The second-order valence-corrected chi connectivity index (χ2v) is 3.61. The van der Waals surface area contributed by atoms with Gasteiger partial charge in [0.15, 0.2) is 0 Å². The number of nitriles is 1. The lowest BCUT2D eigenvalue weighted by atomic mass is 10.1. The van der Waals surface area contributed by atoms with Crippen molar-refractivity contribution >= 4 is 12.0 Å². The monoisotopic (exact) mass is 217 g/mol. The van der Waals surface area contributed by atoms with Crippen molar-refractivity contribution in [3.8, 4) is 6.07 Å². The topological polar surface area (TPSA) is 70.1 Å². The number of likely N-dealkylation sites (N-methyl/N-ethyl adjacent to an activating group) is 1. The Morgan fingerprint density at radius 3 is 2.81 bits per heavy atom. The fourth-order valence-electron chi connectivity index (χ4n) is 1.75. The second kappa shape index (κ2) is 5.29. The highest BCUT2D eigenvalue weighted by Crippen LogP contribution is 2.32. The molecule has 1 aliphatic rings. The highest BCUT2D eigenvalue weighted by atomic mass is 16.1. The van der Waals surface area contributed by atoms with Crippen LogP contribution in [0.1, 0.15) is 24.1 Å². The Morgan fingerprint density at radius 1 is 1.62 bits per heavy atom. The number of benzene rings is 1. The van der Waals surface area contributed by atoms with E-state index >= 15 is 0 Å². The summed E-state index contributed by atoms with van der Waals surface area (Å²) >= 11 is 0. The summed E-state index contributed by atoms with van der Waals surface area (Å²) in [6.07, 6.45) is 0.750. The molecule has 84 valence electrons. The predicted octanol–water partition coefficient (Wildman–Crippen LogP) is 1.21. The Kier molecular flexibility index (Phi) is 4.03. The van der Waals surface area contributed by atoms with E-state index in [0.29, 0.717) is 5.56 Å². The smallest absolute Gasteiger partial charge is 0.116 e. The van der Waals surface area contributed by atoms with E-state index in [9.17, 15) is 0 Å². The average Bonchev–Trinajstić information content (AvgIpc) is 2.55. The molecule has 1 aliphatic heterocycles. The van der Waals surface area contributed by atoms with Gasteiger partial charge in [0.2, 0.25) is 0 Å². The molecule has 0 amide bonds. The normalized spacial score (nSPS) is 16.9. The van der Waals surface area contributed by atoms with Crippen LogP contribution < -0.4 is 10.6 Å². The van der Waals surface area contributed by atoms with Crippen molar-refractivity contribution in [2.75, 3.05) is 18.5 Å². The number of aldehydes is 1. The maximum atomic E-state index is 8.81. The molecule has 1 heterocycles. The molecular formula is C12H15N3O. The van der Waals surface area contributed by atoms with Gasteiger partial charge >= 0.3 is 0 Å². The van der Waals surface area contributed by atoms with Crippen molar-refractivity contribution in [1.29, 1.82) is 5.26 Å². The minimum atomic E-state index is 0.0905. The number of nitrogens with zero attached hydrogens (tertiary/aromatic N) is 2. The Labute approximate surface area is 95.3 Å². The van der Waals surface area contributed by atoms with Crippen LogP contribution in [0.2, 0.25) is 0 Å². The summed E-state index contributed by atoms with van der Waals surface area (Å²) in [6.45, 7) is 2.28. The number of hydrogen-bond donors (Lipinski definition) is 1. The molecule has 4 nitrogen and oxygen atoms in total. The molecule has 1 unspecified atom stereocenters. The summed E-state index contributed by atoms with van der Waals surface area (Å²) in [6, 6.07) is 7.87. The second-order valence-electron chi connectivity index (χ2n) is 3.61. The van der Waals surface area contributed by atoms with Crippen LogP contribution >= 0.6 is 0 Å². The lowest BCUT2D eigenvalue weighted by molar-refractivity contribution is -0.106. The van der Waals surface area contributed by atoms with Crippen LogP contribution in [0.25, 0.3) is 0 Å². The van der Waals surface area contributed by atoms with Crippen LogP contribution in [0, 0.1) is 11.3 Å². The van der Waals surface area contributed by atoms with Gasteiger partial charge in [0.25, 0.3) is 0 Å². The molecule has 2 rings (SSSR count). The van der Waals surface area contributed by atoms with Crippen LogP contribution in [0.4, 0.5) is 5.69 Å². The van der Waals surface area contributed by atoms with Crippen LogP contribution in [0.3, 0.4) is 0 Å². The quantitative estimate of drug-likeness (QED) is 0.663. The maximum Gasteiger partial charge on any atom is 0.116 e. The van der Waals surface area contributed by atoms with Crippen molar-refractivity contribution in [3.63, 3.8) is 0 Å². The summed E-state index contributed by atoms with van der Waals surface area (Å²) in [7, 11) is 1.99. The van der Waals surface area contributed by atoms with Gasteiger partial charge in [-0.05, 0) is 24.6 Å². The first-order chi connectivity index (χ1) is 7.63. The zero-order valence-corrected chi connectivity index (χ0v) is 9.47. The molecular weight excluding hydrogens is 202 g/mol. The van der Waals surface area contributed by atoms with Crippen LogP contribution in [-0.4, -0.2) is 19.9 Å². The van der Waals surface area contributed by atoms with Crippen LogP contribution in [0.15, 0.2) is 18.2 Å². The van der Waals surface area contributed by atoms with Gasteiger partial charge in [-0.2, -0.15) is 5.26 Å². The third-order valence-corrected chi connectivity index (χ3v) is 2.44. The SMILES string of the molecule is CC=O.CN1CC(N)c2ccc(C#N)cc21. The Balaban J connectivity index is 0.000000386. The van der Waals surface area contributed by atoms with Crippen LogP contribution in [-0.2, 0) is 4.79 Å². The van der Waals surface area contributed by atoms with Gasteiger partial charge in [0.05, 0.1) is 11.6 Å². The molecule has 0 saturated carbocycles. The average molecular weight is 217 g/mol. The minimum Gasteiger partial charge on any atom is -0.372 e. The Morgan fingerprint density at radius 2 is 2.25 bits per heavy atom. The molecule has 0 aliphatic carbocycles. The van der Waals surface area contributed by atoms with Gasteiger partial charge in [0, 0.05) is 25.3 Å². The third-order valence-electron chi connectivity index (χ3n) is 2.44. The van der Waals surface area contributed by atoms with E-state index in [0.717, 1.165) is 24.1 Å². The molecule has 0 fully saturated rings. The van der Waals surface area contributed by atoms with Crippen molar-refractivity contribution in [2.45, 2.75) is 13.0 Å². The number of rotatable bonds is 0. The van der Waals surface area contributed by atoms with E-state index in [-0.39, 0.29) is 6.04 Å². The summed E-state index contributed by atoms with van der Waals surface area (Å²) in [5.74, 6) is 0. The van der Waals surface area contributed by atoms with Crippen molar-refractivity contribution in [3.05, 3.63) is 29.3 Å². The summed E-state index contributed by atoms with van der Waals surface area (Å²) in [5, 5.41) is 8.72. The zero-order chi connectivity index (χ0) is 12.1. The first kappa shape index (κ1) is 12.2. The zero-order valence-electron chi connectivity index (χ0n) is 9.47. The van der Waals surface area contributed by atoms with Crippen molar-refractivity contribution < 1.29 is 4.79 Å². The Bertz CT molecular complexity index is 423. The van der Waals surface area contributed by atoms with Gasteiger partial charge < -0.3 is 15.4 Å². The van der Waals surface area contributed by atoms with Gasteiger partial charge in [-0.3, -0.25) is 0 Å². The van der Waals surface area contributed by atoms with Crippen molar-refractivity contribution in [2.24, 2.45) is 5.73 Å². The fourth-order valence-corrected chi connectivity index (χ4v) is 1.75. The van der Waals surface area contributed by atoms with E-state index in [1.54, 1.807) is 0 Å². The summed E-state index contributed by atoms with van der Waals surface area (Å²) in [4.78, 5) is 10.9. The largest absolute Gasteiger partial charge is 0.372 e. The van der Waals surface area contributed by atoms with E-state index in [2.05, 4.69) is 11.0 Å². The van der Waals surface area contributed by atoms with Crippen molar-refractivity contribution in [1.82, 2.24) is 0 Å². The molecule has 2 N–H and O–H groups in total. The van der Waals surface area contributed by atoms with E-state index in [1.807, 2.05) is 25.2 Å². The molecule has 1 aromatic rings. The minimum absolute atomic E-state index is 0.0905. The number of carbonyl (C=O) groups is 1. The van der Waals surface area contributed by atoms with Gasteiger partial charge in [-0.25, -0.2) is 0 Å². The number of hydrogen-bond acceptors (Lipinski definition) is 4. The van der Waals surface area contributed by atoms with E-state index in [4.69, 9.17) is 15.8 Å². The van der Waals surface area contributed by atoms with Gasteiger partial charge in [0.1, 0.15) is 6.29 Å². The number of fused-ring (bicyclic) bond motifs is 1. The number of anilines is 1. The van der Waals surface area contributed by atoms with Gasteiger partial charge in [-0.15, -0.1) is 0 Å². The van der Waals surface area contributed by atoms with Gasteiger partial charge in [-0.1, -0.05) is 6.07 Å². The highest BCUT2D eigenvalue weighted by Gasteiger charge is 2.22. The van der Waals surface area contributed by atoms with E-state index in [1.165, 1.54) is 6.92 Å². The molecule has 0 bridgehead atoms. The first-order valence-electron chi connectivity index (χ1n) is 5.04. The maximum absolute atomic E-state index is 8.81. The molecule has 1 atom stereocenters. The molecule has 0 radical (unpaired) electrons. The molecule has 0 spiro atoms. The number of carbonyl (C=O) groups excluding carboxylic acids is 1. The summed E-state index contributed by atoms with van der Waals surface area (Å²) < 4.78 is 0. The highest BCUT2D eigenvalue weighted by molar-refractivity contribution is 5.62. The standard InChI is InChI=1S/C10H11N3.C2H4O/c1-13-6-9(12)8-3-2-7(5-11)4-10(8)13;1-2-3/h2-4,9H,6,12H2,1H3;2H,1H3. The summed E-state index contributed by atoms with van der Waals surface area (Å²) in [5.41, 5.74) is 8.83. The predicted molar refractivity (Wildman–Crippen MR) is 63.1 cm³/mol. The van der Waals surface area contributed by atoms with E-state index < -0.39 is 0 Å². The Hall–Kier alpha value is -1.86. The molecule has 16 heavy (non-hydrogen) atoms. The number of nitrogens with two attached hydrogens (primary N) is 1. The third kappa shape index (κ3) is 2.38. The fraction of sp³-hybridized carbons (Fsp3) is 0.333. The lowest BCUT2D eigenvalue weighted by Gasteiger charge is -2.11. The molecule has 1 aromatic carbocycles. The molecule has 0 aromatic heterocycles.